The van der Waals surface area contributed by atoms with Gasteiger partial charge in [-0.3, -0.25) is 19.7 Å². The Morgan fingerprint density at radius 1 is 1.16 bits per heavy atom. The molecule has 0 unspecified atom stereocenters. The first-order chi connectivity index (χ1) is 12.0. The number of amides is 1. The topological polar surface area (TPSA) is 111 Å². The fourth-order valence-electron chi connectivity index (χ4n) is 1.92. The average molecular weight is 363 g/mol. The van der Waals surface area contributed by atoms with Gasteiger partial charge in [0.1, 0.15) is 0 Å². The van der Waals surface area contributed by atoms with Gasteiger partial charge in [0.05, 0.1) is 11.3 Å². The molecule has 0 spiro atoms. The maximum atomic E-state index is 11.6. The van der Waals surface area contributed by atoms with Crippen molar-refractivity contribution in [2.75, 3.05) is 25.0 Å². The van der Waals surface area contributed by atoms with E-state index >= 15 is 0 Å². The van der Waals surface area contributed by atoms with Crippen LogP contribution in [0.3, 0.4) is 0 Å². The number of ether oxygens (including phenoxy) is 1. The van der Waals surface area contributed by atoms with Gasteiger partial charge < -0.3 is 15.4 Å². The van der Waals surface area contributed by atoms with Crippen LogP contribution in [0.15, 0.2) is 41.1 Å². The number of rotatable bonds is 9. The molecule has 9 heteroatoms. The van der Waals surface area contributed by atoms with Crippen LogP contribution in [0.4, 0.5) is 11.4 Å². The summed E-state index contributed by atoms with van der Waals surface area (Å²) in [7, 11) is 0. The second-order valence-corrected chi connectivity index (χ2v) is 5.83. The van der Waals surface area contributed by atoms with Gasteiger partial charge in [0, 0.05) is 30.9 Å². The summed E-state index contributed by atoms with van der Waals surface area (Å²) in [5.74, 6) is -0.832. The van der Waals surface area contributed by atoms with Crippen LogP contribution in [-0.4, -0.2) is 36.5 Å². The van der Waals surface area contributed by atoms with E-state index in [4.69, 9.17) is 4.74 Å². The summed E-state index contributed by atoms with van der Waals surface area (Å²) in [6, 6.07) is 7.80. The lowest BCUT2D eigenvalue weighted by atomic mass is 10.2. The smallest absolute Gasteiger partial charge is 0.310 e. The molecule has 0 radical (unpaired) electrons. The number of non-ortho nitro benzene ring substituents is 1. The van der Waals surface area contributed by atoms with Gasteiger partial charge in [-0.1, -0.05) is 0 Å². The van der Waals surface area contributed by atoms with Crippen molar-refractivity contribution in [3.63, 3.8) is 0 Å². The molecule has 0 saturated carbocycles. The molecule has 2 N–H and O–H groups in total. The first-order valence-corrected chi connectivity index (χ1v) is 8.40. The molecule has 0 aliphatic heterocycles. The second kappa shape index (κ2) is 9.38. The third-order valence-corrected chi connectivity index (χ3v) is 3.88. The van der Waals surface area contributed by atoms with E-state index in [2.05, 4.69) is 10.6 Å². The Morgan fingerprint density at radius 2 is 1.92 bits per heavy atom. The standard InChI is InChI=1S/C16H17N3O5S/c20-15(10-24-16(21)9-12-5-8-25-11-12)18-7-6-17-13-1-3-14(4-2-13)19(22)23/h1-5,8,11,17H,6-7,9-10H2,(H,18,20). The molecule has 132 valence electrons. The normalized spacial score (nSPS) is 10.1. The molecule has 1 aromatic carbocycles. The van der Waals surface area contributed by atoms with Crippen molar-refractivity contribution in [3.8, 4) is 0 Å². The number of nitro benzene ring substituents is 1. The second-order valence-electron chi connectivity index (χ2n) is 5.05. The van der Waals surface area contributed by atoms with Crippen LogP contribution in [0.5, 0.6) is 0 Å². The van der Waals surface area contributed by atoms with Gasteiger partial charge in [-0.2, -0.15) is 11.3 Å². The highest BCUT2D eigenvalue weighted by Crippen LogP contribution is 2.14. The van der Waals surface area contributed by atoms with E-state index < -0.39 is 10.9 Å². The van der Waals surface area contributed by atoms with E-state index in [1.807, 2.05) is 16.8 Å². The summed E-state index contributed by atoms with van der Waals surface area (Å²) >= 11 is 1.49. The summed E-state index contributed by atoms with van der Waals surface area (Å²) in [5, 5.41) is 19.9. The largest absolute Gasteiger partial charge is 0.455 e. The Kier molecular flexibility index (Phi) is 6.90. The minimum atomic E-state index is -0.469. The number of nitro groups is 1. The van der Waals surface area contributed by atoms with E-state index in [9.17, 15) is 19.7 Å². The summed E-state index contributed by atoms with van der Waals surface area (Å²) in [6.07, 6.45) is 0.151. The van der Waals surface area contributed by atoms with Crippen LogP contribution in [-0.2, 0) is 20.7 Å². The third-order valence-electron chi connectivity index (χ3n) is 3.15. The highest BCUT2D eigenvalue weighted by molar-refractivity contribution is 7.07. The van der Waals surface area contributed by atoms with Gasteiger partial charge in [0.2, 0.25) is 0 Å². The quantitative estimate of drug-likeness (QED) is 0.305. The number of hydrogen-bond acceptors (Lipinski definition) is 7. The molecule has 1 amide bonds. The molecule has 2 aromatic rings. The van der Waals surface area contributed by atoms with Crippen LogP contribution in [0.1, 0.15) is 5.56 Å². The minimum Gasteiger partial charge on any atom is -0.455 e. The van der Waals surface area contributed by atoms with Crippen molar-refractivity contribution < 1.29 is 19.2 Å². The Morgan fingerprint density at radius 3 is 2.56 bits per heavy atom. The number of esters is 1. The molecular formula is C16H17N3O5S. The molecule has 0 aliphatic rings. The summed E-state index contributed by atoms with van der Waals surface area (Å²) < 4.78 is 4.90. The lowest BCUT2D eigenvalue weighted by Crippen LogP contribution is -2.32. The van der Waals surface area contributed by atoms with E-state index in [0.29, 0.717) is 18.8 Å². The first-order valence-electron chi connectivity index (χ1n) is 7.46. The highest BCUT2D eigenvalue weighted by Gasteiger charge is 2.08. The van der Waals surface area contributed by atoms with Gasteiger partial charge >= 0.3 is 5.97 Å². The third kappa shape index (κ3) is 6.60. The Balaban J connectivity index is 1.58. The lowest BCUT2D eigenvalue weighted by molar-refractivity contribution is -0.384. The zero-order valence-electron chi connectivity index (χ0n) is 13.3. The lowest BCUT2D eigenvalue weighted by Gasteiger charge is -2.08. The van der Waals surface area contributed by atoms with E-state index in [-0.39, 0.29) is 24.6 Å². The zero-order valence-corrected chi connectivity index (χ0v) is 14.1. The van der Waals surface area contributed by atoms with Crippen molar-refractivity contribution in [2.24, 2.45) is 0 Å². The molecule has 0 aliphatic carbocycles. The van der Waals surface area contributed by atoms with Crippen LogP contribution in [0.2, 0.25) is 0 Å². The van der Waals surface area contributed by atoms with Crippen LogP contribution in [0, 0.1) is 10.1 Å². The van der Waals surface area contributed by atoms with Crippen molar-refractivity contribution in [1.29, 1.82) is 0 Å². The number of carbonyl (C=O) groups is 2. The Bertz CT molecular complexity index is 716. The fourth-order valence-corrected chi connectivity index (χ4v) is 2.59. The zero-order chi connectivity index (χ0) is 18.1. The number of hydrogen-bond donors (Lipinski definition) is 2. The minimum absolute atomic E-state index is 0.0168. The van der Waals surface area contributed by atoms with E-state index in [1.165, 1.54) is 23.5 Å². The van der Waals surface area contributed by atoms with Crippen molar-refractivity contribution >= 4 is 34.6 Å². The van der Waals surface area contributed by atoms with Crippen molar-refractivity contribution in [2.45, 2.75) is 6.42 Å². The molecule has 1 heterocycles. The monoisotopic (exact) mass is 363 g/mol. The van der Waals surface area contributed by atoms with Gasteiger partial charge in [-0.15, -0.1) is 0 Å². The number of nitrogens with zero attached hydrogens (tertiary/aromatic N) is 1. The maximum Gasteiger partial charge on any atom is 0.310 e. The molecule has 0 fully saturated rings. The predicted molar refractivity (Wildman–Crippen MR) is 93.6 cm³/mol. The number of benzene rings is 1. The fraction of sp³-hybridized carbons (Fsp3) is 0.250. The van der Waals surface area contributed by atoms with Gasteiger partial charge in [-0.05, 0) is 34.5 Å². The summed E-state index contributed by atoms with van der Waals surface area (Å²) in [5.41, 5.74) is 1.59. The van der Waals surface area contributed by atoms with Crippen LogP contribution < -0.4 is 10.6 Å². The molecule has 0 atom stereocenters. The van der Waals surface area contributed by atoms with Gasteiger partial charge in [0.25, 0.3) is 11.6 Å². The van der Waals surface area contributed by atoms with E-state index in [1.54, 1.807) is 12.1 Å². The predicted octanol–water partition coefficient (Wildman–Crippen LogP) is 1.97. The first kappa shape index (κ1) is 18.4. The molecule has 2 rings (SSSR count). The molecular weight excluding hydrogens is 346 g/mol. The van der Waals surface area contributed by atoms with Crippen molar-refractivity contribution in [1.82, 2.24) is 5.32 Å². The number of nitrogens with one attached hydrogen (secondary N) is 2. The molecule has 25 heavy (non-hydrogen) atoms. The SMILES string of the molecule is O=C(COC(=O)Cc1ccsc1)NCCNc1ccc([N+](=O)[O-])cc1. The maximum absolute atomic E-state index is 11.6. The molecule has 0 saturated heterocycles. The molecule has 0 bridgehead atoms. The van der Waals surface area contributed by atoms with Gasteiger partial charge in [0.15, 0.2) is 6.61 Å². The number of carbonyl (C=O) groups excluding carboxylic acids is 2. The summed E-state index contributed by atoms with van der Waals surface area (Å²) in [6.45, 7) is 0.449. The Labute approximate surface area is 148 Å². The van der Waals surface area contributed by atoms with Crippen LogP contribution in [0.25, 0.3) is 0 Å². The Hall–Kier alpha value is -2.94. The summed E-state index contributed by atoms with van der Waals surface area (Å²) in [4.78, 5) is 33.2. The van der Waals surface area contributed by atoms with Gasteiger partial charge in [-0.25, -0.2) is 0 Å². The molecule has 8 nitrogen and oxygen atoms in total. The highest BCUT2D eigenvalue weighted by atomic mass is 32.1. The average Bonchev–Trinajstić information content (AvgIpc) is 3.10. The molecule has 1 aromatic heterocycles. The van der Waals surface area contributed by atoms with Crippen LogP contribution >= 0.6 is 11.3 Å². The van der Waals surface area contributed by atoms with Crippen molar-refractivity contribution in [3.05, 3.63) is 56.8 Å². The number of thiophene rings is 1. The number of anilines is 1. The van der Waals surface area contributed by atoms with E-state index in [0.717, 1.165) is 5.56 Å².